The van der Waals surface area contributed by atoms with Gasteiger partial charge in [-0.2, -0.15) is 5.26 Å². The van der Waals surface area contributed by atoms with Crippen LogP contribution in [0.1, 0.15) is 56.3 Å². The summed E-state index contributed by atoms with van der Waals surface area (Å²) >= 11 is 0. The highest BCUT2D eigenvalue weighted by molar-refractivity contribution is 5.94. The Morgan fingerprint density at radius 3 is 2.76 bits per heavy atom. The molecule has 1 N–H and O–H groups in total. The van der Waals surface area contributed by atoms with E-state index >= 15 is 0 Å². The molecule has 0 unspecified atom stereocenters. The van der Waals surface area contributed by atoms with Crippen LogP contribution in [-0.4, -0.2) is 35.1 Å². The Kier molecular flexibility index (Phi) is 6.34. The summed E-state index contributed by atoms with van der Waals surface area (Å²) in [5.41, 5.74) is -0.697. The Bertz CT molecular complexity index is 663. The monoisotopic (exact) mass is 345 g/mol. The number of hydrogen-bond acceptors (Lipinski definition) is 6. The van der Waals surface area contributed by atoms with Gasteiger partial charge in [-0.05, 0) is 38.8 Å². The summed E-state index contributed by atoms with van der Waals surface area (Å²) in [4.78, 5) is 28.7. The summed E-state index contributed by atoms with van der Waals surface area (Å²) in [7, 11) is 0. The first-order valence-corrected chi connectivity index (χ1v) is 8.53. The van der Waals surface area contributed by atoms with Gasteiger partial charge >= 0.3 is 5.97 Å². The van der Waals surface area contributed by atoms with Crippen LogP contribution in [0.2, 0.25) is 0 Å². The molecule has 1 amide bonds. The number of rotatable bonds is 6. The van der Waals surface area contributed by atoms with Crippen molar-refractivity contribution in [3.05, 3.63) is 23.9 Å². The van der Waals surface area contributed by atoms with Gasteiger partial charge in [0, 0.05) is 6.20 Å². The molecule has 1 aliphatic rings. The molecule has 2 rings (SSSR count). The fraction of sp³-hybridized carbons (Fsp3) is 0.556. The van der Waals surface area contributed by atoms with Crippen LogP contribution in [0.25, 0.3) is 0 Å². The zero-order valence-electron chi connectivity index (χ0n) is 14.6. The van der Waals surface area contributed by atoms with Crippen molar-refractivity contribution in [2.24, 2.45) is 0 Å². The number of amides is 1. The van der Waals surface area contributed by atoms with Crippen molar-refractivity contribution in [3.8, 4) is 11.9 Å². The molecule has 0 aromatic carbocycles. The topological polar surface area (TPSA) is 101 Å². The van der Waals surface area contributed by atoms with Crippen LogP contribution >= 0.6 is 0 Å². The fourth-order valence-electron chi connectivity index (χ4n) is 2.83. The number of pyridine rings is 1. The molecule has 1 aromatic heterocycles. The van der Waals surface area contributed by atoms with E-state index in [1.807, 2.05) is 0 Å². The Hall–Kier alpha value is -2.62. The van der Waals surface area contributed by atoms with Crippen LogP contribution in [0.5, 0.6) is 5.88 Å². The predicted octanol–water partition coefficient (Wildman–Crippen LogP) is 2.37. The minimum atomic E-state index is -1.02. The first-order valence-electron chi connectivity index (χ1n) is 8.53. The summed E-state index contributed by atoms with van der Waals surface area (Å²) < 4.78 is 10.5. The molecular weight excluding hydrogens is 322 g/mol. The van der Waals surface area contributed by atoms with Gasteiger partial charge in [-0.3, -0.25) is 4.79 Å². The summed E-state index contributed by atoms with van der Waals surface area (Å²) in [5, 5.41) is 12.2. The normalized spacial score (nSPS) is 17.0. The molecule has 1 fully saturated rings. The van der Waals surface area contributed by atoms with Crippen molar-refractivity contribution in [2.45, 2.75) is 57.6 Å². The number of hydrogen-bond donors (Lipinski definition) is 1. The fourth-order valence-corrected chi connectivity index (χ4v) is 2.83. The van der Waals surface area contributed by atoms with Crippen LogP contribution in [0.15, 0.2) is 18.3 Å². The third-order valence-electron chi connectivity index (χ3n) is 4.21. The van der Waals surface area contributed by atoms with Crippen molar-refractivity contribution in [1.29, 1.82) is 5.26 Å². The molecule has 1 heterocycles. The van der Waals surface area contributed by atoms with Crippen molar-refractivity contribution in [2.75, 3.05) is 6.61 Å². The Morgan fingerprint density at radius 2 is 2.12 bits per heavy atom. The van der Waals surface area contributed by atoms with Crippen molar-refractivity contribution < 1.29 is 19.1 Å². The van der Waals surface area contributed by atoms with Gasteiger partial charge < -0.3 is 14.8 Å². The predicted molar refractivity (Wildman–Crippen MR) is 89.9 cm³/mol. The average molecular weight is 345 g/mol. The maximum absolute atomic E-state index is 12.4. The molecular formula is C18H23N3O4. The highest BCUT2D eigenvalue weighted by atomic mass is 16.5. The first-order chi connectivity index (χ1) is 12.0. The zero-order valence-corrected chi connectivity index (χ0v) is 14.6. The van der Waals surface area contributed by atoms with Crippen molar-refractivity contribution in [3.63, 3.8) is 0 Å². The second kappa shape index (κ2) is 8.47. The number of esters is 1. The molecule has 0 aliphatic heterocycles. The molecule has 1 saturated carbocycles. The molecule has 25 heavy (non-hydrogen) atoms. The van der Waals surface area contributed by atoms with Crippen LogP contribution in [0.3, 0.4) is 0 Å². The molecule has 0 spiro atoms. The zero-order chi connectivity index (χ0) is 18.3. The molecule has 1 atom stereocenters. The van der Waals surface area contributed by atoms with Gasteiger partial charge in [0.2, 0.25) is 5.88 Å². The molecule has 0 saturated heterocycles. The van der Waals surface area contributed by atoms with Gasteiger partial charge in [0.15, 0.2) is 6.10 Å². The molecule has 134 valence electrons. The number of nitriles is 1. The van der Waals surface area contributed by atoms with Crippen molar-refractivity contribution in [1.82, 2.24) is 10.3 Å². The number of ether oxygens (including phenoxy) is 2. The second-order valence-corrected chi connectivity index (χ2v) is 6.08. The molecule has 0 bridgehead atoms. The lowest BCUT2D eigenvalue weighted by molar-refractivity contribution is -0.130. The van der Waals surface area contributed by atoms with E-state index in [2.05, 4.69) is 16.4 Å². The average Bonchev–Trinajstić information content (AvgIpc) is 2.63. The standard InChI is InChI=1S/C18H23N3O4/c1-3-24-16-14(8-7-11-20-16)17(23)25-13(2)15(22)21-18(12-19)9-5-4-6-10-18/h7-8,11,13H,3-6,9-10H2,1-2H3,(H,21,22)/t13-/m1/s1. The summed E-state index contributed by atoms with van der Waals surface area (Å²) in [5.74, 6) is -0.990. The third kappa shape index (κ3) is 4.69. The molecule has 1 aliphatic carbocycles. The van der Waals surface area contributed by atoms with E-state index in [4.69, 9.17) is 9.47 Å². The number of nitrogens with zero attached hydrogens (tertiary/aromatic N) is 2. The lowest BCUT2D eigenvalue weighted by atomic mass is 9.83. The minimum absolute atomic E-state index is 0.164. The van der Waals surface area contributed by atoms with E-state index in [0.717, 1.165) is 19.3 Å². The van der Waals surface area contributed by atoms with Gasteiger partial charge in [0.1, 0.15) is 11.1 Å². The number of carbonyl (C=O) groups is 2. The molecule has 7 nitrogen and oxygen atoms in total. The van der Waals surface area contributed by atoms with E-state index in [-0.39, 0.29) is 11.4 Å². The highest BCUT2D eigenvalue weighted by Crippen LogP contribution is 2.27. The van der Waals surface area contributed by atoms with Gasteiger partial charge in [-0.15, -0.1) is 0 Å². The maximum Gasteiger partial charge on any atom is 0.344 e. The Balaban J connectivity index is 2.01. The van der Waals surface area contributed by atoms with E-state index in [0.29, 0.717) is 19.4 Å². The largest absolute Gasteiger partial charge is 0.477 e. The van der Waals surface area contributed by atoms with Gasteiger partial charge in [-0.1, -0.05) is 19.3 Å². The van der Waals surface area contributed by atoms with Gasteiger partial charge in [0.25, 0.3) is 5.91 Å². The number of carbonyl (C=O) groups excluding carboxylic acids is 2. The maximum atomic E-state index is 12.4. The van der Waals surface area contributed by atoms with Gasteiger partial charge in [0.05, 0.1) is 12.7 Å². The lowest BCUT2D eigenvalue weighted by Crippen LogP contribution is -2.52. The molecule has 1 aromatic rings. The summed E-state index contributed by atoms with van der Waals surface area (Å²) in [6, 6.07) is 5.34. The quantitative estimate of drug-likeness (QED) is 0.794. The minimum Gasteiger partial charge on any atom is -0.477 e. The number of nitrogens with one attached hydrogen (secondary N) is 1. The third-order valence-corrected chi connectivity index (χ3v) is 4.21. The van der Waals surface area contributed by atoms with Crippen LogP contribution in [0, 0.1) is 11.3 Å². The Labute approximate surface area is 147 Å². The Morgan fingerprint density at radius 1 is 1.40 bits per heavy atom. The van der Waals surface area contributed by atoms with E-state index in [1.54, 1.807) is 13.0 Å². The molecule has 7 heteroatoms. The van der Waals surface area contributed by atoms with E-state index < -0.39 is 23.5 Å². The van der Waals surface area contributed by atoms with E-state index in [9.17, 15) is 14.9 Å². The van der Waals surface area contributed by atoms with Crippen LogP contribution in [0.4, 0.5) is 0 Å². The van der Waals surface area contributed by atoms with E-state index in [1.165, 1.54) is 19.2 Å². The summed E-state index contributed by atoms with van der Waals surface area (Å²) in [6.45, 7) is 3.63. The second-order valence-electron chi connectivity index (χ2n) is 6.08. The van der Waals surface area contributed by atoms with Gasteiger partial charge in [-0.25, -0.2) is 9.78 Å². The number of aromatic nitrogens is 1. The van der Waals surface area contributed by atoms with Crippen LogP contribution < -0.4 is 10.1 Å². The SMILES string of the molecule is CCOc1ncccc1C(=O)O[C@H](C)C(=O)NC1(C#N)CCCCC1. The van der Waals surface area contributed by atoms with Crippen LogP contribution in [-0.2, 0) is 9.53 Å². The smallest absolute Gasteiger partial charge is 0.344 e. The summed E-state index contributed by atoms with van der Waals surface area (Å²) in [6.07, 6.45) is 4.59. The highest BCUT2D eigenvalue weighted by Gasteiger charge is 2.35. The van der Waals surface area contributed by atoms with Crippen molar-refractivity contribution >= 4 is 11.9 Å². The lowest BCUT2D eigenvalue weighted by Gasteiger charge is -2.32. The first kappa shape index (κ1) is 18.7. The molecule has 0 radical (unpaired) electrons.